The van der Waals surface area contributed by atoms with Crippen LogP contribution in [0, 0.1) is 6.92 Å². The number of halogens is 1. The van der Waals surface area contributed by atoms with Gasteiger partial charge in [-0.15, -0.1) is 11.3 Å². The van der Waals surface area contributed by atoms with Gasteiger partial charge in [0.05, 0.1) is 16.8 Å². The highest BCUT2D eigenvalue weighted by molar-refractivity contribution is 7.18. The first-order valence-corrected chi connectivity index (χ1v) is 10.6. The Morgan fingerprint density at radius 1 is 1.30 bits per heavy atom. The van der Waals surface area contributed by atoms with Crippen LogP contribution < -0.4 is 10.2 Å². The molecule has 0 bridgehead atoms. The highest BCUT2D eigenvalue weighted by atomic mass is 35.5. The van der Waals surface area contributed by atoms with Gasteiger partial charge in [0.1, 0.15) is 6.04 Å². The van der Waals surface area contributed by atoms with Crippen molar-refractivity contribution in [1.82, 2.24) is 4.98 Å². The van der Waals surface area contributed by atoms with Gasteiger partial charge < -0.3 is 10.2 Å². The van der Waals surface area contributed by atoms with Gasteiger partial charge >= 0.3 is 0 Å². The van der Waals surface area contributed by atoms with Crippen LogP contribution in [0.15, 0.2) is 42.5 Å². The number of thiazole rings is 1. The molecule has 0 spiro atoms. The molecule has 0 radical (unpaired) electrons. The van der Waals surface area contributed by atoms with E-state index in [2.05, 4.69) is 23.5 Å². The summed E-state index contributed by atoms with van der Waals surface area (Å²) in [5.74, 6) is 0.0448. The van der Waals surface area contributed by atoms with Crippen molar-refractivity contribution in [2.75, 3.05) is 18.4 Å². The fourth-order valence-corrected chi connectivity index (χ4v) is 5.18. The Morgan fingerprint density at radius 3 is 2.96 bits per heavy atom. The Bertz CT molecular complexity index is 938. The van der Waals surface area contributed by atoms with Crippen molar-refractivity contribution >= 4 is 44.7 Å². The predicted molar refractivity (Wildman–Crippen MR) is 112 cm³/mol. The average molecular weight is 401 g/mol. The van der Waals surface area contributed by atoms with Gasteiger partial charge in [0, 0.05) is 17.1 Å². The van der Waals surface area contributed by atoms with Crippen LogP contribution in [0.4, 0.5) is 5.69 Å². The van der Waals surface area contributed by atoms with Gasteiger partial charge in [0.15, 0.2) is 11.6 Å². The third-order valence-corrected chi connectivity index (χ3v) is 6.58. The van der Waals surface area contributed by atoms with Crippen LogP contribution in [0.2, 0.25) is 5.02 Å². The summed E-state index contributed by atoms with van der Waals surface area (Å²) in [5, 5.41) is 4.89. The van der Waals surface area contributed by atoms with Crippen LogP contribution >= 0.6 is 22.9 Å². The van der Waals surface area contributed by atoms with Crippen molar-refractivity contribution < 1.29 is 9.69 Å². The maximum Gasteiger partial charge on any atom is 0.279 e. The predicted octanol–water partition coefficient (Wildman–Crippen LogP) is 4.01. The summed E-state index contributed by atoms with van der Waals surface area (Å²) in [6.45, 7) is 3.43. The number of hydrogen-bond acceptors (Lipinski definition) is 3. The first-order chi connectivity index (χ1) is 13.1. The summed E-state index contributed by atoms with van der Waals surface area (Å²) < 4.78 is 1.22. The molecule has 2 aromatic carbocycles. The number of anilines is 1. The largest absolute Gasteiger partial charge is 0.321 e. The molecule has 1 aliphatic rings. The molecule has 4 nitrogen and oxygen atoms in total. The first kappa shape index (κ1) is 18.4. The summed E-state index contributed by atoms with van der Waals surface area (Å²) in [7, 11) is 0. The number of rotatable bonds is 4. The van der Waals surface area contributed by atoms with Crippen molar-refractivity contribution in [3.8, 4) is 0 Å². The molecule has 1 unspecified atom stereocenters. The molecule has 1 fully saturated rings. The Hall–Kier alpha value is -1.95. The second-order valence-corrected chi connectivity index (χ2v) is 8.66. The first-order valence-electron chi connectivity index (χ1n) is 9.36. The Balaban J connectivity index is 1.49. The highest BCUT2D eigenvalue weighted by Gasteiger charge is 2.32. The standard InChI is InChI=1S/C21H22ClN3OS/c1-14-12-15(22)9-10-16(14)23-20(26)13-25-11-5-4-7-18(25)21-24-17-6-2-3-8-19(17)27-21/h2-3,6,8-10,12,18H,4-5,7,11,13H2,1H3,(H,23,26)/p+1/t18-/m0/s1. The third kappa shape index (κ3) is 4.15. The summed E-state index contributed by atoms with van der Waals surface area (Å²) >= 11 is 7.77. The SMILES string of the molecule is Cc1cc(Cl)ccc1NC(=O)C[NH+]1CCCC[C@H]1c1nc2ccccc2s1. The molecule has 1 aromatic heterocycles. The topological polar surface area (TPSA) is 46.4 Å². The van der Waals surface area contributed by atoms with Crippen LogP contribution in [-0.2, 0) is 4.79 Å². The lowest BCUT2D eigenvalue weighted by Gasteiger charge is -2.30. The van der Waals surface area contributed by atoms with E-state index < -0.39 is 0 Å². The number of fused-ring (bicyclic) bond motifs is 1. The lowest BCUT2D eigenvalue weighted by Crippen LogP contribution is -3.14. The number of carbonyl (C=O) groups is 1. The second kappa shape index (κ2) is 7.97. The van der Waals surface area contributed by atoms with Gasteiger partial charge in [-0.2, -0.15) is 0 Å². The highest BCUT2D eigenvalue weighted by Crippen LogP contribution is 2.28. The van der Waals surface area contributed by atoms with Crippen molar-refractivity contribution in [1.29, 1.82) is 0 Å². The van der Waals surface area contributed by atoms with E-state index in [0.29, 0.717) is 17.6 Å². The second-order valence-electron chi connectivity index (χ2n) is 7.16. The molecule has 2 N–H and O–H groups in total. The van der Waals surface area contributed by atoms with E-state index in [1.165, 1.54) is 16.0 Å². The molecule has 1 amide bonds. The van der Waals surface area contributed by atoms with Gasteiger partial charge in [0.2, 0.25) is 0 Å². The molecule has 2 heterocycles. The monoisotopic (exact) mass is 400 g/mol. The van der Waals surface area contributed by atoms with Crippen molar-refractivity contribution in [2.45, 2.75) is 32.2 Å². The van der Waals surface area contributed by atoms with E-state index in [4.69, 9.17) is 16.6 Å². The van der Waals surface area contributed by atoms with Gasteiger partial charge in [-0.1, -0.05) is 23.7 Å². The number of nitrogens with zero attached hydrogens (tertiary/aromatic N) is 1. The molecular formula is C21H23ClN3OS+. The van der Waals surface area contributed by atoms with E-state index >= 15 is 0 Å². The van der Waals surface area contributed by atoms with E-state index in [0.717, 1.165) is 41.2 Å². The molecule has 27 heavy (non-hydrogen) atoms. The lowest BCUT2D eigenvalue weighted by atomic mass is 10.0. The molecule has 0 saturated carbocycles. The van der Waals surface area contributed by atoms with Crippen LogP contribution in [0.25, 0.3) is 10.2 Å². The normalized spacial score (nSPS) is 19.9. The molecule has 140 valence electrons. The van der Waals surface area contributed by atoms with Crippen molar-refractivity contribution in [3.63, 3.8) is 0 Å². The number of likely N-dealkylation sites (tertiary alicyclic amines) is 1. The molecule has 0 aliphatic carbocycles. The summed E-state index contributed by atoms with van der Waals surface area (Å²) in [4.78, 5) is 18.8. The summed E-state index contributed by atoms with van der Waals surface area (Å²) in [6.07, 6.45) is 3.44. The minimum Gasteiger partial charge on any atom is -0.321 e. The molecule has 3 aromatic rings. The summed E-state index contributed by atoms with van der Waals surface area (Å²) in [6, 6.07) is 14.1. The minimum absolute atomic E-state index is 0.0448. The van der Waals surface area contributed by atoms with Crippen LogP contribution in [0.1, 0.15) is 35.9 Å². The fraction of sp³-hybridized carbons (Fsp3) is 0.333. The number of piperidine rings is 1. The third-order valence-electron chi connectivity index (χ3n) is 5.19. The van der Waals surface area contributed by atoms with Gasteiger partial charge in [-0.05, 0) is 55.7 Å². The Morgan fingerprint density at radius 2 is 2.15 bits per heavy atom. The number of nitrogens with one attached hydrogen (secondary N) is 2. The van der Waals surface area contributed by atoms with Crippen LogP contribution in [-0.4, -0.2) is 24.0 Å². The van der Waals surface area contributed by atoms with Crippen LogP contribution in [0.5, 0.6) is 0 Å². The van der Waals surface area contributed by atoms with Crippen molar-refractivity contribution in [2.24, 2.45) is 0 Å². The van der Waals surface area contributed by atoms with Gasteiger partial charge in [-0.25, -0.2) is 4.98 Å². The molecule has 1 aliphatic heterocycles. The molecule has 2 atom stereocenters. The number of amides is 1. The molecule has 1 saturated heterocycles. The van der Waals surface area contributed by atoms with Crippen molar-refractivity contribution in [3.05, 3.63) is 58.1 Å². The zero-order valence-electron chi connectivity index (χ0n) is 15.3. The zero-order chi connectivity index (χ0) is 18.8. The Kier molecular flexibility index (Phi) is 5.43. The molecule has 6 heteroatoms. The van der Waals surface area contributed by atoms with E-state index in [1.54, 1.807) is 11.3 Å². The maximum absolute atomic E-state index is 12.7. The number of benzene rings is 2. The Labute approximate surface area is 168 Å². The fourth-order valence-electron chi connectivity index (χ4n) is 3.80. The maximum atomic E-state index is 12.7. The average Bonchev–Trinajstić information content (AvgIpc) is 3.08. The zero-order valence-corrected chi connectivity index (χ0v) is 16.9. The van der Waals surface area contributed by atoms with Crippen LogP contribution in [0.3, 0.4) is 0 Å². The number of para-hydroxylation sites is 1. The minimum atomic E-state index is 0.0448. The number of aryl methyl sites for hydroxylation is 1. The van der Waals surface area contributed by atoms with Gasteiger partial charge in [-0.3, -0.25) is 4.79 Å². The quantitative estimate of drug-likeness (QED) is 0.695. The smallest absolute Gasteiger partial charge is 0.279 e. The number of carbonyl (C=O) groups excluding carboxylic acids is 1. The van der Waals surface area contributed by atoms with E-state index in [1.807, 2.05) is 31.2 Å². The number of aromatic nitrogens is 1. The number of quaternary nitrogens is 1. The lowest BCUT2D eigenvalue weighted by molar-refractivity contribution is -0.929. The van der Waals surface area contributed by atoms with E-state index in [9.17, 15) is 4.79 Å². The summed E-state index contributed by atoms with van der Waals surface area (Å²) in [5.41, 5.74) is 2.87. The number of hydrogen-bond donors (Lipinski definition) is 2. The molecule has 4 rings (SSSR count). The molecular weight excluding hydrogens is 378 g/mol. The van der Waals surface area contributed by atoms with Gasteiger partial charge in [0.25, 0.3) is 5.91 Å². The van der Waals surface area contributed by atoms with E-state index in [-0.39, 0.29) is 5.91 Å².